The van der Waals surface area contributed by atoms with Crippen molar-refractivity contribution in [2.45, 2.75) is 28.5 Å². The molecule has 0 unspecified atom stereocenters. The zero-order valence-corrected chi connectivity index (χ0v) is 33.2. The highest BCUT2D eigenvalue weighted by Crippen LogP contribution is 2.33. The predicted octanol–water partition coefficient (Wildman–Crippen LogP) is 10.3. The largest absolute Gasteiger partial charge is 0.473 e. The molecule has 6 rings (SSSR count). The average molecular weight is 860 g/mol. The summed E-state index contributed by atoms with van der Waals surface area (Å²) in [7, 11) is -8.93. The van der Waals surface area contributed by atoms with Crippen LogP contribution in [-0.4, -0.2) is 44.0 Å². The molecule has 0 aliphatic heterocycles. The number of fused-ring (bicyclic) bond motifs is 1. The first kappa shape index (κ1) is 42.3. The fourth-order valence-electron chi connectivity index (χ4n) is 5.42. The quantitative estimate of drug-likeness (QED) is 0.0140. The molecular weight excluding hydrogens is 827 g/mol. The number of azo groups is 2. The van der Waals surface area contributed by atoms with E-state index in [1.165, 1.54) is 30.3 Å². The number of benzene rings is 6. The van der Waals surface area contributed by atoms with E-state index in [1.54, 1.807) is 78.9 Å². The van der Waals surface area contributed by atoms with Crippen molar-refractivity contribution >= 4 is 88.9 Å². The van der Waals surface area contributed by atoms with Gasteiger partial charge in [0.25, 0.3) is 20.2 Å². The Morgan fingerprint density at radius 1 is 0.661 bits per heavy atom. The molecule has 18 nitrogen and oxygen atoms in total. The van der Waals surface area contributed by atoms with Crippen molar-refractivity contribution < 1.29 is 50.1 Å². The Labute approximate surface area is 341 Å². The van der Waals surface area contributed by atoms with Crippen molar-refractivity contribution in [1.82, 2.24) is 0 Å². The molecule has 0 atom stereocenters. The van der Waals surface area contributed by atoms with Crippen LogP contribution in [0, 0.1) is 13.8 Å². The first-order valence-corrected chi connectivity index (χ1v) is 20.6. The van der Waals surface area contributed by atoms with Gasteiger partial charge in [-0.15, -0.1) is 4.33 Å². The first-order valence-electron chi connectivity index (χ1n) is 17.0. The summed E-state index contributed by atoms with van der Waals surface area (Å²) in [5.41, 5.74) is 5.30. The molecular formula is C38H33N7O11S3. The maximum Gasteiger partial charge on any atom is 0.323 e. The SMILES string of the molecule is Cc1cc(N=Nc2ccc(NC(=O)Nc3ccc(S(=O)(=O)O)cc3)cc2C)ccc1N=Nc1ccc(OCNc2ccc3cc(SOOO)cc(S(=O)(=O)O)c3c2)cc1. The van der Waals surface area contributed by atoms with Gasteiger partial charge in [-0.05, 0) is 140 Å². The van der Waals surface area contributed by atoms with E-state index in [1.807, 2.05) is 19.9 Å². The van der Waals surface area contributed by atoms with E-state index in [-0.39, 0.29) is 26.8 Å². The van der Waals surface area contributed by atoms with Crippen LogP contribution in [0.5, 0.6) is 5.75 Å². The zero-order valence-electron chi connectivity index (χ0n) is 30.8. The molecule has 0 aliphatic carbocycles. The second kappa shape index (κ2) is 18.5. The lowest BCUT2D eigenvalue weighted by atomic mass is 10.1. The number of carbonyl (C=O) groups is 1. The Morgan fingerprint density at radius 2 is 1.27 bits per heavy atom. The van der Waals surface area contributed by atoms with Gasteiger partial charge < -0.3 is 20.7 Å². The smallest absolute Gasteiger partial charge is 0.323 e. The van der Waals surface area contributed by atoms with Gasteiger partial charge in [-0.25, -0.2) is 10.1 Å². The maximum absolute atomic E-state index is 12.4. The molecule has 0 aromatic heterocycles. The average Bonchev–Trinajstić information content (AvgIpc) is 3.19. The number of nitrogens with one attached hydrogen (secondary N) is 3. The Balaban J connectivity index is 1.00. The monoisotopic (exact) mass is 859 g/mol. The molecule has 6 aromatic carbocycles. The summed E-state index contributed by atoms with van der Waals surface area (Å²) in [4.78, 5) is 12.1. The molecule has 0 spiro atoms. The van der Waals surface area contributed by atoms with Crippen LogP contribution in [0.15, 0.2) is 150 Å². The van der Waals surface area contributed by atoms with E-state index in [2.05, 4.69) is 45.8 Å². The normalized spacial score (nSPS) is 11.9. The van der Waals surface area contributed by atoms with Crippen molar-refractivity contribution in [3.05, 3.63) is 126 Å². The molecule has 0 heterocycles. The van der Waals surface area contributed by atoms with Gasteiger partial charge in [0.1, 0.15) is 10.6 Å². The number of urea groups is 1. The predicted molar refractivity (Wildman–Crippen MR) is 220 cm³/mol. The summed E-state index contributed by atoms with van der Waals surface area (Å²) < 4.78 is 75.6. The van der Waals surface area contributed by atoms with Crippen molar-refractivity contribution in [3.63, 3.8) is 0 Å². The summed E-state index contributed by atoms with van der Waals surface area (Å²) in [6.07, 6.45) is 0. The molecule has 0 saturated heterocycles. The minimum atomic E-state index is -4.59. The lowest BCUT2D eigenvalue weighted by Crippen LogP contribution is -2.19. The van der Waals surface area contributed by atoms with Gasteiger partial charge in [-0.1, -0.05) is 11.1 Å². The van der Waals surface area contributed by atoms with Gasteiger partial charge in [0.05, 0.1) is 39.7 Å². The highest BCUT2D eigenvalue weighted by molar-refractivity contribution is 7.94. The maximum atomic E-state index is 12.4. The standard InChI is InChI=1S/C38H33N7O11S3/c1-23-17-29(41-38(46)40-26-7-13-33(14-8-26)58(48,49)50)9-15-35(23)45-43-30-10-16-36(24(2)18-30)44-42-27-5-11-31(12-6-27)54-22-39-28-4-3-25-19-32(57-56-55-47)21-37(34(25)20-28)59(51,52)53/h3-21,39,47H,22H2,1-2H3,(H2,40,41,46)(H,48,49,50)(H,51,52,53). The summed E-state index contributed by atoms with van der Waals surface area (Å²) in [5.74, 6) is 0.533. The molecule has 59 heavy (non-hydrogen) atoms. The van der Waals surface area contributed by atoms with Crippen molar-refractivity contribution in [3.8, 4) is 5.75 Å². The minimum Gasteiger partial charge on any atom is -0.473 e. The van der Waals surface area contributed by atoms with Crippen LogP contribution >= 0.6 is 12.0 Å². The number of hydrogen-bond acceptors (Lipinski definition) is 15. The summed E-state index contributed by atoms with van der Waals surface area (Å²) in [6, 6.07) is 29.5. The first-order chi connectivity index (χ1) is 28.1. The molecule has 21 heteroatoms. The molecule has 0 aliphatic rings. The van der Waals surface area contributed by atoms with Gasteiger partial charge in [-0.2, -0.15) is 37.3 Å². The number of hydrogen-bond donors (Lipinski definition) is 6. The topological polar surface area (TPSA) is 259 Å². The van der Waals surface area contributed by atoms with Gasteiger partial charge in [-0.3, -0.25) is 9.11 Å². The van der Waals surface area contributed by atoms with E-state index in [0.717, 1.165) is 11.1 Å². The fraction of sp³-hybridized carbons (Fsp3) is 0.0789. The second-order valence-electron chi connectivity index (χ2n) is 12.5. The van der Waals surface area contributed by atoms with E-state index in [4.69, 9.17) is 14.5 Å². The lowest BCUT2D eigenvalue weighted by Gasteiger charge is -2.12. The van der Waals surface area contributed by atoms with Gasteiger partial charge in [0, 0.05) is 27.3 Å². The Kier molecular flexibility index (Phi) is 13.3. The van der Waals surface area contributed by atoms with Gasteiger partial charge >= 0.3 is 6.03 Å². The van der Waals surface area contributed by atoms with E-state index < -0.39 is 26.3 Å². The molecule has 0 fully saturated rings. The molecule has 0 bridgehead atoms. The number of carbonyl (C=O) groups excluding carboxylic acids is 1. The third kappa shape index (κ3) is 11.6. The fourth-order valence-corrected chi connectivity index (χ4v) is 7.16. The van der Waals surface area contributed by atoms with E-state index in [9.17, 15) is 26.2 Å². The van der Waals surface area contributed by atoms with Crippen LogP contribution in [0.3, 0.4) is 0 Å². The van der Waals surface area contributed by atoms with Crippen LogP contribution in [0.2, 0.25) is 0 Å². The van der Waals surface area contributed by atoms with Gasteiger partial charge in [0.15, 0.2) is 6.73 Å². The Morgan fingerprint density at radius 3 is 1.92 bits per heavy atom. The Bertz CT molecular complexity index is 2790. The molecule has 6 N–H and O–H groups in total. The van der Waals surface area contributed by atoms with Crippen LogP contribution in [0.25, 0.3) is 10.8 Å². The van der Waals surface area contributed by atoms with Crippen molar-refractivity contribution in [2.24, 2.45) is 20.5 Å². The summed E-state index contributed by atoms with van der Waals surface area (Å²) in [5, 5.41) is 38.4. The number of amides is 2. The van der Waals surface area contributed by atoms with Crippen LogP contribution in [0.4, 0.5) is 44.6 Å². The second-order valence-corrected chi connectivity index (χ2v) is 16.1. The summed E-state index contributed by atoms with van der Waals surface area (Å²) in [6.45, 7) is 3.73. The van der Waals surface area contributed by atoms with Gasteiger partial charge in [0.2, 0.25) is 0 Å². The van der Waals surface area contributed by atoms with E-state index in [0.29, 0.717) is 63.0 Å². The zero-order chi connectivity index (χ0) is 42.2. The number of anilines is 3. The summed E-state index contributed by atoms with van der Waals surface area (Å²) >= 11 is 0.565. The third-order valence-electron chi connectivity index (χ3n) is 8.27. The highest BCUT2D eigenvalue weighted by Gasteiger charge is 2.17. The number of aryl methyl sites for hydroxylation is 2. The third-order valence-corrected chi connectivity index (χ3v) is 10.6. The van der Waals surface area contributed by atoms with Crippen LogP contribution in [0.1, 0.15) is 11.1 Å². The molecule has 0 saturated carbocycles. The highest BCUT2D eigenvalue weighted by atomic mass is 32.2. The number of rotatable bonds is 15. The minimum absolute atomic E-state index is 0.0377. The number of nitrogens with zero attached hydrogens (tertiary/aromatic N) is 4. The van der Waals surface area contributed by atoms with E-state index >= 15 is 0 Å². The van der Waals surface area contributed by atoms with Crippen LogP contribution in [-0.2, 0) is 29.6 Å². The molecule has 6 aromatic rings. The lowest BCUT2D eigenvalue weighted by molar-refractivity contribution is -0.432. The molecule has 2 amide bonds. The number of ether oxygens (including phenoxy) is 1. The van der Waals surface area contributed by atoms with Crippen LogP contribution < -0.4 is 20.7 Å². The molecule has 304 valence electrons. The molecule has 0 radical (unpaired) electrons. The Hall–Kier alpha value is -6.30. The van der Waals surface area contributed by atoms with Crippen molar-refractivity contribution in [2.75, 3.05) is 22.7 Å². The van der Waals surface area contributed by atoms with Crippen molar-refractivity contribution in [1.29, 1.82) is 0 Å².